The van der Waals surface area contributed by atoms with E-state index in [9.17, 15) is 9.59 Å². The highest BCUT2D eigenvalue weighted by molar-refractivity contribution is 5.91. The van der Waals surface area contributed by atoms with Gasteiger partial charge in [-0.1, -0.05) is 72.8 Å². The standard InChI is InChI=1S/C24H23NO4/c26-22-21-20(23(27)28-15-18-9-5-2-6-10-18)19-11-13-24(21,29-19)16-25(22)14-12-17-7-3-1-4-8-17/h1-11,13,19-21H,12,14-16H2/t19-,20-,21+,24-/m0/s1. The molecule has 0 saturated carbocycles. The van der Waals surface area contributed by atoms with Gasteiger partial charge in [-0.05, 0) is 17.5 Å². The monoisotopic (exact) mass is 389 g/mol. The zero-order valence-electron chi connectivity index (χ0n) is 16.1. The van der Waals surface area contributed by atoms with E-state index in [1.165, 1.54) is 5.56 Å². The van der Waals surface area contributed by atoms with Crippen LogP contribution in [0.3, 0.4) is 0 Å². The van der Waals surface area contributed by atoms with Crippen molar-refractivity contribution in [1.29, 1.82) is 0 Å². The van der Waals surface area contributed by atoms with E-state index in [0.29, 0.717) is 13.1 Å². The van der Waals surface area contributed by atoms with Gasteiger partial charge in [0, 0.05) is 6.54 Å². The van der Waals surface area contributed by atoms with Gasteiger partial charge in [-0.25, -0.2) is 0 Å². The van der Waals surface area contributed by atoms with E-state index in [-0.39, 0.29) is 24.6 Å². The van der Waals surface area contributed by atoms with E-state index in [2.05, 4.69) is 12.1 Å². The van der Waals surface area contributed by atoms with Crippen LogP contribution in [-0.2, 0) is 32.1 Å². The summed E-state index contributed by atoms with van der Waals surface area (Å²) < 4.78 is 11.7. The fourth-order valence-corrected chi connectivity index (χ4v) is 4.77. The summed E-state index contributed by atoms with van der Waals surface area (Å²) in [5.74, 6) is -1.42. The molecule has 0 unspecified atom stereocenters. The van der Waals surface area contributed by atoms with E-state index in [4.69, 9.17) is 9.47 Å². The molecule has 2 bridgehead atoms. The Bertz CT molecular complexity index is 942. The molecule has 1 amide bonds. The third kappa shape index (κ3) is 3.15. The summed E-state index contributed by atoms with van der Waals surface area (Å²) in [6, 6.07) is 19.7. The maximum Gasteiger partial charge on any atom is 0.313 e. The smallest absolute Gasteiger partial charge is 0.313 e. The van der Waals surface area contributed by atoms with Gasteiger partial charge in [0.15, 0.2) is 0 Å². The largest absolute Gasteiger partial charge is 0.460 e. The molecule has 5 heteroatoms. The number of carbonyl (C=O) groups is 2. The molecule has 5 nitrogen and oxygen atoms in total. The van der Waals surface area contributed by atoms with E-state index >= 15 is 0 Å². The lowest BCUT2D eigenvalue weighted by atomic mass is 9.77. The van der Waals surface area contributed by atoms with Crippen LogP contribution in [0.15, 0.2) is 72.8 Å². The van der Waals surface area contributed by atoms with Crippen molar-refractivity contribution in [3.05, 3.63) is 83.9 Å². The fraction of sp³-hybridized carbons (Fsp3) is 0.333. The Kier molecular flexibility index (Phi) is 4.47. The Morgan fingerprint density at radius 3 is 2.48 bits per heavy atom. The van der Waals surface area contributed by atoms with Crippen LogP contribution in [0, 0.1) is 11.8 Å². The summed E-state index contributed by atoms with van der Waals surface area (Å²) in [5, 5.41) is 0. The van der Waals surface area contributed by atoms with Crippen LogP contribution in [0.25, 0.3) is 0 Å². The number of ether oxygens (including phenoxy) is 2. The maximum atomic E-state index is 13.2. The van der Waals surface area contributed by atoms with Crippen molar-refractivity contribution >= 4 is 11.9 Å². The molecule has 0 N–H and O–H groups in total. The second-order valence-electron chi connectivity index (χ2n) is 7.99. The van der Waals surface area contributed by atoms with Crippen LogP contribution in [0.1, 0.15) is 11.1 Å². The number of likely N-dealkylation sites (tertiary alicyclic amines) is 1. The third-order valence-electron chi connectivity index (χ3n) is 6.19. The highest BCUT2D eigenvalue weighted by atomic mass is 16.6. The minimum absolute atomic E-state index is 0.00515. The number of nitrogens with zero attached hydrogens (tertiary/aromatic N) is 1. The fourth-order valence-electron chi connectivity index (χ4n) is 4.77. The van der Waals surface area contributed by atoms with Gasteiger partial charge in [0.1, 0.15) is 18.1 Å². The summed E-state index contributed by atoms with van der Waals surface area (Å²) >= 11 is 0. The van der Waals surface area contributed by atoms with Gasteiger partial charge in [-0.2, -0.15) is 0 Å². The molecule has 2 saturated heterocycles. The minimum Gasteiger partial charge on any atom is -0.460 e. The maximum absolute atomic E-state index is 13.2. The molecule has 0 aromatic heterocycles. The van der Waals surface area contributed by atoms with Crippen molar-refractivity contribution in [3.63, 3.8) is 0 Å². The van der Waals surface area contributed by atoms with Crippen molar-refractivity contribution < 1.29 is 19.1 Å². The molecule has 3 aliphatic heterocycles. The van der Waals surface area contributed by atoms with Crippen molar-refractivity contribution in [1.82, 2.24) is 4.90 Å². The quantitative estimate of drug-likeness (QED) is 0.563. The zero-order valence-corrected chi connectivity index (χ0v) is 16.1. The highest BCUT2D eigenvalue weighted by Crippen LogP contribution is 2.52. The predicted molar refractivity (Wildman–Crippen MR) is 107 cm³/mol. The van der Waals surface area contributed by atoms with E-state index < -0.39 is 17.4 Å². The van der Waals surface area contributed by atoms with Crippen LogP contribution in [0.2, 0.25) is 0 Å². The first-order chi connectivity index (χ1) is 14.2. The number of hydrogen-bond acceptors (Lipinski definition) is 4. The SMILES string of the molecule is O=C(OCc1ccccc1)[C@H]1[C@@H]2C=C[C@@]3(CN(CCc4ccccc4)C(=O)[C@@H]13)O2. The van der Waals surface area contributed by atoms with Crippen molar-refractivity contribution in [2.24, 2.45) is 11.8 Å². The van der Waals surface area contributed by atoms with Gasteiger partial charge in [0.2, 0.25) is 5.91 Å². The second kappa shape index (κ2) is 7.16. The first kappa shape index (κ1) is 18.1. The van der Waals surface area contributed by atoms with Crippen molar-refractivity contribution in [2.75, 3.05) is 13.1 Å². The number of fused-ring (bicyclic) bond motifs is 1. The molecule has 2 aromatic carbocycles. The Balaban J connectivity index is 1.28. The molecule has 29 heavy (non-hydrogen) atoms. The number of amides is 1. The Hall–Kier alpha value is -2.92. The Labute approximate surface area is 169 Å². The molecule has 3 aliphatic rings. The molecule has 5 rings (SSSR count). The summed E-state index contributed by atoms with van der Waals surface area (Å²) in [5.41, 5.74) is 1.43. The molecule has 1 spiro atoms. The van der Waals surface area contributed by atoms with Crippen LogP contribution < -0.4 is 0 Å². The molecular formula is C24H23NO4. The summed E-state index contributed by atoms with van der Waals surface area (Å²) in [4.78, 5) is 27.9. The zero-order chi connectivity index (χ0) is 19.8. The lowest BCUT2D eigenvalue weighted by molar-refractivity contribution is -0.155. The number of rotatable bonds is 6. The van der Waals surface area contributed by atoms with E-state index in [0.717, 1.165) is 12.0 Å². The topological polar surface area (TPSA) is 55.8 Å². The average molecular weight is 389 g/mol. The van der Waals surface area contributed by atoms with Gasteiger partial charge in [-0.3, -0.25) is 9.59 Å². The van der Waals surface area contributed by atoms with E-state index in [1.54, 1.807) is 0 Å². The van der Waals surface area contributed by atoms with Crippen molar-refractivity contribution in [2.45, 2.75) is 24.7 Å². The van der Waals surface area contributed by atoms with Crippen LogP contribution in [-0.4, -0.2) is 41.6 Å². The van der Waals surface area contributed by atoms with Crippen LogP contribution in [0.5, 0.6) is 0 Å². The molecule has 0 radical (unpaired) electrons. The predicted octanol–water partition coefficient (Wildman–Crippen LogP) is 2.75. The summed E-state index contributed by atoms with van der Waals surface area (Å²) in [7, 11) is 0. The first-order valence-corrected chi connectivity index (χ1v) is 10.1. The minimum atomic E-state index is -0.686. The lowest BCUT2D eigenvalue weighted by Crippen LogP contribution is -2.40. The van der Waals surface area contributed by atoms with Crippen molar-refractivity contribution in [3.8, 4) is 0 Å². The highest BCUT2D eigenvalue weighted by Gasteiger charge is 2.67. The van der Waals surface area contributed by atoms with E-state index in [1.807, 2.05) is 65.6 Å². The molecule has 2 fully saturated rings. The molecule has 2 aromatic rings. The van der Waals surface area contributed by atoms with Gasteiger partial charge < -0.3 is 14.4 Å². The summed E-state index contributed by atoms with van der Waals surface area (Å²) in [6.07, 6.45) is 4.30. The second-order valence-corrected chi connectivity index (χ2v) is 7.99. The Morgan fingerprint density at radius 1 is 1.07 bits per heavy atom. The lowest BCUT2D eigenvalue weighted by Gasteiger charge is -2.22. The van der Waals surface area contributed by atoms with Gasteiger partial charge >= 0.3 is 5.97 Å². The van der Waals surface area contributed by atoms with Gasteiger partial charge in [0.05, 0.1) is 18.6 Å². The number of benzene rings is 2. The van der Waals surface area contributed by atoms with Gasteiger partial charge in [-0.15, -0.1) is 0 Å². The summed E-state index contributed by atoms with van der Waals surface area (Å²) in [6.45, 7) is 1.33. The molecule has 0 aliphatic carbocycles. The molecular weight excluding hydrogens is 366 g/mol. The van der Waals surface area contributed by atoms with Gasteiger partial charge in [0.25, 0.3) is 0 Å². The Morgan fingerprint density at radius 2 is 1.76 bits per heavy atom. The molecule has 4 atom stereocenters. The van der Waals surface area contributed by atoms with Crippen LogP contribution >= 0.6 is 0 Å². The number of esters is 1. The number of carbonyl (C=O) groups excluding carboxylic acids is 2. The molecule has 148 valence electrons. The number of hydrogen-bond donors (Lipinski definition) is 0. The average Bonchev–Trinajstić information content (AvgIpc) is 3.40. The van der Waals surface area contributed by atoms with Crippen LogP contribution in [0.4, 0.5) is 0 Å². The first-order valence-electron chi connectivity index (χ1n) is 10.1. The normalized spacial score (nSPS) is 29.3. The molecule has 3 heterocycles. The third-order valence-corrected chi connectivity index (χ3v) is 6.19.